The lowest BCUT2D eigenvalue weighted by molar-refractivity contribution is -0.384. The summed E-state index contributed by atoms with van der Waals surface area (Å²) in [6.07, 6.45) is 4.41. The van der Waals surface area contributed by atoms with Crippen molar-refractivity contribution in [2.24, 2.45) is 0 Å². The molecule has 8 nitrogen and oxygen atoms in total. The van der Waals surface area contributed by atoms with Gasteiger partial charge >= 0.3 is 0 Å². The highest BCUT2D eigenvalue weighted by Crippen LogP contribution is 2.30. The van der Waals surface area contributed by atoms with E-state index in [4.69, 9.17) is 0 Å². The van der Waals surface area contributed by atoms with Crippen LogP contribution in [-0.2, 0) is 12.8 Å². The molecule has 0 saturated heterocycles. The van der Waals surface area contributed by atoms with Crippen molar-refractivity contribution < 1.29 is 4.92 Å². The molecule has 22 heavy (non-hydrogen) atoms. The Morgan fingerprint density at radius 1 is 1.23 bits per heavy atom. The summed E-state index contributed by atoms with van der Waals surface area (Å²) in [5, 5.41) is 18.2. The Labute approximate surface area is 125 Å². The second-order valence-corrected chi connectivity index (χ2v) is 5.14. The van der Waals surface area contributed by atoms with Crippen LogP contribution in [0.4, 0.5) is 17.2 Å². The number of aryl methyl sites for hydroxylation is 1. The van der Waals surface area contributed by atoms with Crippen molar-refractivity contribution in [3.63, 3.8) is 0 Å². The maximum Gasteiger partial charge on any atom is 0.269 e. The third-order valence-electron chi connectivity index (χ3n) is 3.79. The highest BCUT2D eigenvalue weighted by molar-refractivity contribution is 5.64. The molecule has 0 saturated carbocycles. The molecule has 2 heterocycles. The van der Waals surface area contributed by atoms with Crippen LogP contribution < -0.4 is 5.32 Å². The number of benzene rings is 1. The zero-order chi connectivity index (χ0) is 15.1. The van der Waals surface area contributed by atoms with Crippen molar-refractivity contribution in [3.05, 3.63) is 52.0 Å². The first kappa shape index (κ1) is 12.7. The van der Waals surface area contributed by atoms with Crippen molar-refractivity contribution in [2.45, 2.75) is 19.3 Å². The third-order valence-corrected chi connectivity index (χ3v) is 3.79. The van der Waals surface area contributed by atoms with Gasteiger partial charge in [0.2, 0.25) is 0 Å². The fourth-order valence-corrected chi connectivity index (χ4v) is 2.76. The smallest absolute Gasteiger partial charge is 0.269 e. The van der Waals surface area contributed by atoms with E-state index in [0.29, 0.717) is 5.78 Å². The molecule has 0 bridgehead atoms. The number of nitrogens with one attached hydrogen (secondary N) is 1. The minimum Gasteiger partial charge on any atom is -0.340 e. The molecule has 0 radical (unpaired) electrons. The van der Waals surface area contributed by atoms with Crippen LogP contribution in [0.2, 0.25) is 0 Å². The standard InChI is InChI=1S/C14H12N6O2/c21-20(22)10-6-4-9(5-7-10)17-13-11-2-1-3-12(11)18-14-15-8-16-19(13)14/h4-8,17H,1-3H2. The van der Waals surface area contributed by atoms with Gasteiger partial charge in [0.1, 0.15) is 12.1 Å². The number of rotatable bonds is 3. The van der Waals surface area contributed by atoms with Gasteiger partial charge in [-0.05, 0) is 31.4 Å². The monoisotopic (exact) mass is 296 g/mol. The molecule has 0 fully saturated rings. The van der Waals surface area contributed by atoms with Gasteiger partial charge in [-0.3, -0.25) is 10.1 Å². The fraction of sp³-hybridized carbons (Fsp3) is 0.214. The molecule has 3 aromatic rings. The minimum atomic E-state index is -0.413. The highest BCUT2D eigenvalue weighted by atomic mass is 16.6. The third kappa shape index (κ3) is 1.96. The fourth-order valence-electron chi connectivity index (χ4n) is 2.76. The van der Waals surface area contributed by atoms with E-state index < -0.39 is 4.92 Å². The van der Waals surface area contributed by atoms with Crippen molar-refractivity contribution >= 4 is 23.0 Å². The number of anilines is 2. The molecular weight excluding hydrogens is 284 g/mol. The van der Waals surface area contributed by atoms with Crippen LogP contribution in [0.15, 0.2) is 30.6 Å². The summed E-state index contributed by atoms with van der Waals surface area (Å²) >= 11 is 0. The Balaban J connectivity index is 1.77. The molecule has 1 aliphatic carbocycles. The maximum atomic E-state index is 10.7. The van der Waals surface area contributed by atoms with E-state index in [9.17, 15) is 10.1 Å². The van der Waals surface area contributed by atoms with Gasteiger partial charge in [0.05, 0.1) is 10.6 Å². The van der Waals surface area contributed by atoms with Crippen LogP contribution in [0.1, 0.15) is 17.7 Å². The minimum absolute atomic E-state index is 0.0661. The number of nitro groups is 1. The highest BCUT2D eigenvalue weighted by Gasteiger charge is 2.21. The summed E-state index contributed by atoms with van der Waals surface area (Å²) in [4.78, 5) is 19.0. The van der Waals surface area contributed by atoms with Crippen LogP contribution in [0.5, 0.6) is 0 Å². The van der Waals surface area contributed by atoms with E-state index in [1.165, 1.54) is 18.5 Å². The number of hydrogen-bond donors (Lipinski definition) is 1. The summed E-state index contributed by atoms with van der Waals surface area (Å²) in [6.45, 7) is 0. The van der Waals surface area contributed by atoms with Crippen LogP contribution in [0.3, 0.4) is 0 Å². The van der Waals surface area contributed by atoms with Crippen LogP contribution in [-0.4, -0.2) is 24.5 Å². The first-order chi connectivity index (χ1) is 10.7. The largest absolute Gasteiger partial charge is 0.340 e. The summed E-state index contributed by atoms with van der Waals surface area (Å²) in [6, 6.07) is 6.32. The predicted molar refractivity (Wildman–Crippen MR) is 79.2 cm³/mol. The van der Waals surface area contributed by atoms with Crippen LogP contribution in [0.25, 0.3) is 5.78 Å². The van der Waals surface area contributed by atoms with E-state index in [2.05, 4.69) is 20.4 Å². The molecule has 110 valence electrons. The molecule has 0 spiro atoms. The molecule has 1 aromatic carbocycles. The molecule has 8 heteroatoms. The van der Waals surface area contributed by atoms with E-state index in [1.54, 1.807) is 16.6 Å². The van der Waals surface area contributed by atoms with E-state index in [1.807, 2.05) is 0 Å². The van der Waals surface area contributed by atoms with Gasteiger partial charge in [0.15, 0.2) is 0 Å². The Kier molecular flexibility index (Phi) is 2.75. The van der Waals surface area contributed by atoms with Gasteiger partial charge in [0.25, 0.3) is 11.5 Å². The Bertz CT molecular complexity index is 871. The molecule has 0 aliphatic heterocycles. The van der Waals surface area contributed by atoms with Crippen molar-refractivity contribution in [1.82, 2.24) is 19.6 Å². The summed E-state index contributed by atoms with van der Waals surface area (Å²) < 4.78 is 1.67. The zero-order valence-electron chi connectivity index (χ0n) is 11.6. The molecule has 0 unspecified atom stereocenters. The SMILES string of the molecule is O=[N+]([O-])c1ccc(Nc2c3c(nc4ncnn24)CCC3)cc1. The molecule has 0 amide bonds. The lowest BCUT2D eigenvalue weighted by Gasteiger charge is -2.12. The normalized spacial score (nSPS) is 13.3. The lowest BCUT2D eigenvalue weighted by Crippen LogP contribution is -2.06. The predicted octanol–water partition coefficient (Wildman–Crippen LogP) is 2.26. The summed E-state index contributed by atoms with van der Waals surface area (Å²) in [7, 11) is 0. The quantitative estimate of drug-likeness (QED) is 0.588. The first-order valence-electron chi connectivity index (χ1n) is 6.95. The van der Waals surface area contributed by atoms with E-state index in [0.717, 1.165) is 42.0 Å². The first-order valence-corrected chi connectivity index (χ1v) is 6.95. The number of hydrogen-bond acceptors (Lipinski definition) is 6. The topological polar surface area (TPSA) is 98.2 Å². The Hall–Kier alpha value is -3.03. The average molecular weight is 296 g/mol. The maximum absolute atomic E-state index is 10.7. The summed E-state index contributed by atoms with van der Waals surface area (Å²) in [5.41, 5.74) is 3.01. The molecule has 1 N–H and O–H groups in total. The number of fused-ring (bicyclic) bond motifs is 2. The number of nitrogens with zero attached hydrogens (tertiary/aromatic N) is 5. The van der Waals surface area contributed by atoms with Gasteiger partial charge in [-0.25, -0.2) is 4.98 Å². The van der Waals surface area contributed by atoms with Crippen LogP contribution in [0, 0.1) is 10.1 Å². The van der Waals surface area contributed by atoms with E-state index in [-0.39, 0.29) is 5.69 Å². The lowest BCUT2D eigenvalue weighted by atomic mass is 10.2. The summed E-state index contributed by atoms with van der Waals surface area (Å²) in [5.74, 6) is 1.40. The molecule has 2 aromatic heterocycles. The molecule has 0 atom stereocenters. The number of aromatic nitrogens is 4. The van der Waals surface area contributed by atoms with Gasteiger partial charge < -0.3 is 5.32 Å². The Morgan fingerprint density at radius 3 is 2.82 bits per heavy atom. The Morgan fingerprint density at radius 2 is 2.05 bits per heavy atom. The van der Waals surface area contributed by atoms with Gasteiger partial charge in [0, 0.05) is 23.4 Å². The number of nitro benzene ring substituents is 1. The average Bonchev–Trinajstić information content (AvgIpc) is 3.16. The second kappa shape index (κ2) is 4.76. The van der Waals surface area contributed by atoms with Crippen molar-refractivity contribution in [1.29, 1.82) is 0 Å². The molecule has 4 rings (SSSR count). The van der Waals surface area contributed by atoms with Gasteiger partial charge in [-0.15, -0.1) is 0 Å². The number of non-ortho nitro benzene ring substituents is 1. The van der Waals surface area contributed by atoms with Crippen molar-refractivity contribution in [3.8, 4) is 0 Å². The molecule has 1 aliphatic rings. The van der Waals surface area contributed by atoms with Crippen molar-refractivity contribution in [2.75, 3.05) is 5.32 Å². The molecular formula is C14H12N6O2. The van der Waals surface area contributed by atoms with Crippen LogP contribution >= 0.6 is 0 Å². The van der Waals surface area contributed by atoms with Gasteiger partial charge in [-0.1, -0.05) is 0 Å². The zero-order valence-corrected chi connectivity index (χ0v) is 11.6. The second-order valence-electron chi connectivity index (χ2n) is 5.14. The van der Waals surface area contributed by atoms with E-state index >= 15 is 0 Å². The van der Waals surface area contributed by atoms with Gasteiger partial charge in [-0.2, -0.15) is 14.6 Å².